The number of hydrogen-bond acceptors (Lipinski definition) is 4. The van der Waals surface area contributed by atoms with E-state index in [0.29, 0.717) is 5.56 Å². The van der Waals surface area contributed by atoms with Gasteiger partial charge in [0.25, 0.3) is 5.91 Å². The molecule has 0 bridgehead atoms. The number of aromatic nitrogens is 1. The minimum absolute atomic E-state index is 0.218. The summed E-state index contributed by atoms with van der Waals surface area (Å²) in [5, 5.41) is 13.2. The van der Waals surface area contributed by atoms with Crippen LogP contribution in [0, 0.1) is 0 Å². The molecule has 1 heterocycles. The summed E-state index contributed by atoms with van der Waals surface area (Å²) in [5.74, 6) is -0.333. The van der Waals surface area contributed by atoms with Crippen LogP contribution in [0.2, 0.25) is 5.15 Å². The van der Waals surface area contributed by atoms with Gasteiger partial charge in [-0.15, -0.1) is 0 Å². The molecule has 0 spiro atoms. The second-order valence-electron chi connectivity index (χ2n) is 5.06. The molecular weight excluding hydrogens is 266 g/mol. The zero-order valence-electron chi connectivity index (χ0n) is 10.7. The molecule has 0 atom stereocenters. The maximum atomic E-state index is 12.0. The van der Waals surface area contributed by atoms with E-state index in [9.17, 15) is 9.90 Å². The summed E-state index contributed by atoms with van der Waals surface area (Å²) in [4.78, 5) is 15.8. The van der Waals surface area contributed by atoms with Crippen LogP contribution >= 0.6 is 11.6 Å². The van der Waals surface area contributed by atoms with Gasteiger partial charge in [0, 0.05) is 6.54 Å². The van der Waals surface area contributed by atoms with Crippen molar-refractivity contribution in [3.63, 3.8) is 0 Å². The van der Waals surface area contributed by atoms with Gasteiger partial charge in [0.1, 0.15) is 5.15 Å². The average Bonchev–Trinajstić information content (AvgIpc) is 2.40. The summed E-state index contributed by atoms with van der Waals surface area (Å²) in [7, 11) is 0. The molecule has 0 aliphatic heterocycles. The zero-order chi connectivity index (χ0) is 13.9. The van der Waals surface area contributed by atoms with Crippen LogP contribution in [0.3, 0.4) is 0 Å². The molecule has 1 saturated carbocycles. The number of rotatable bonds is 3. The number of pyridine rings is 1. The smallest absolute Gasteiger partial charge is 0.253 e. The van der Waals surface area contributed by atoms with Crippen molar-refractivity contribution in [1.29, 1.82) is 0 Å². The van der Waals surface area contributed by atoms with E-state index in [2.05, 4.69) is 10.3 Å². The normalized spacial score (nSPS) is 18.0. The van der Waals surface area contributed by atoms with Crippen LogP contribution in [0.15, 0.2) is 12.3 Å². The predicted octanol–water partition coefficient (Wildman–Crippen LogP) is 1.74. The highest BCUT2D eigenvalue weighted by Crippen LogP contribution is 2.27. The molecule has 104 valence electrons. The average molecular weight is 284 g/mol. The quantitative estimate of drug-likeness (QED) is 0.737. The number of carbonyl (C=O) groups excluding carboxylic acids is 1. The van der Waals surface area contributed by atoms with E-state index in [0.717, 1.165) is 32.1 Å². The topological polar surface area (TPSA) is 88.2 Å². The number of aliphatic hydroxyl groups is 1. The van der Waals surface area contributed by atoms with E-state index in [4.69, 9.17) is 17.3 Å². The molecule has 0 radical (unpaired) electrons. The maximum Gasteiger partial charge on any atom is 0.253 e. The summed E-state index contributed by atoms with van der Waals surface area (Å²) < 4.78 is 0. The van der Waals surface area contributed by atoms with Crippen molar-refractivity contribution in [2.45, 2.75) is 37.7 Å². The largest absolute Gasteiger partial charge is 0.397 e. The fourth-order valence-corrected chi connectivity index (χ4v) is 2.52. The Kier molecular flexibility index (Phi) is 4.27. The number of halogens is 1. The first-order valence-electron chi connectivity index (χ1n) is 6.42. The fourth-order valence-electron chi connectivity index (χ4n) is 2.36. The number of amides is 1. The lowest BCUT2D eigenvalue weighted by atomic mass is 9.85. The molecule has 5 nitrogen and oxygen atoms in total. The molecule has 19 heavy (non-hydrogen) atoms. The lowest BCUT2D eigenvalue weighted by Crippen LogP contribution is -2.44. The highest BCUT2D eigenvalue weighted by molar-refractivity contribution is 6.29. The van der Waals surface area contributed by atoms with Crippen LogP contribution in [-0.2, 0) is 0 Å². The van der Waals surface area contributed by atoms with E-state index < -0.39 is 5.60 Å². The highest BCUT2D eigenvalue weighted by Gasteiger charge is 2.29. The van der Waals surface area contributed by atoms with E-state index >= 15 is 0 Å². The van der Waals surface area contributed by atoms with Crippen LogP contribution in [0.5, 0.6) is 0 Å². The minimum Gasteiger partial charge on any atom is -0.397 e. The van der Waals surface area contributed by atoms with Crippen molar-refractivity contribution in [3.8, 4) is 0 Å². The lowest BCUT2D eigenvalue weighted by molar-refractivity contribution is 0.00526. The van der Waals surface area contributed by atoms with Crippen LogP contribution in [0.4, 0.5) is 5.69 Å². The molecule has 6 heteroatoms. The highest BCUT2D eigenvalue weighted by atomic mass is 35.5. The number of hydrogen-bond donors (Lipinski definition) is 3. The van der Waals surface area contributed by atoms with Crippen LogP contribution in [0.25, 0.3) is 0 Å². The number of nitrogens with two attached hydrogens (primary N) is 1. The third kappa shape index (κ3) is 3.58. The third-order valence-corrected chi connectivity index (χ3v) is 3.72. The first-order chi connectivity index (χ1) is 9.00. The second-order valence-corrected chi connectivity index (χ2v) is 5.45. The Bertz CT molecular complexity index is 473. The first kappa shape index (κ1) is 14.1. The van der Waals surface area contributed by atoms with E-state index in [1.807, 2.05) is 0 Å². The van der Waals surface area contributed by atoms with Gasteiger partial charge in [-0.3, -0.25) is 4.79 Å². The van der Waals surface area contributed by atoms with E-state index in [1.54, 1.807) is 0 Å². The van der Waals surface area contributed by atoms with Crippen molar-refractivity contribution in [2.75, 3.05) is 12.3 Å². The van der Waals surface area contributed by atoms with E-state index in [-0.39, 0.29) is 23.3 Å². The number of nitrogens with zero attached hydrogens (tertiary/aromatic N) is 1. The molecular formula is C13H18ClN3O2. The third-order valence-electron chi connectivity index (χ3n) is 3.51. The number of carbonyl (C=O) groups is 1. The molecule has 1 amide bonds. The predicted molar refractivity (Wildman–Crippen MR) is 74.0 cm³/mol. The van der Waals surface area contributed by atoms with Gasteiger partial charge in [0.15, 0.2) is 0 Å². The van der Waals surface area contributed by atoms with Gasteiger partial charge in [-0.2, -0.15) is 0 Å². The summed E-state index contributed by atoms with van der Waals surface area (Å²) in [6.07, 6.45) is 5.93. The number of anilines is 1. The van der Waals surface area contributed by atoms with E-state index in [1.165, 1.54) is 12.3 Å². The van der Waals surface area contributed by atoms with Crippen LogP contribution in [-0.4, -0.2) is 28.1 Å². The lowest BCUT2D eigenvalue weighted by Gasteiger charge is -2.32. The molecule has 2 rings (SSSR count). The minimum atomic E-state index is -0.792. The Morgan fingerprint density at radius 3 is 2.84 bits per heavy atom. The SMILES string of the molecule is Nc1cnc(Cl)cc1C(=O)NCC1(O)CCCCC1. The summed E-state index contributed by atoms with van der Waals surface area (Å²) in [6, 6.07) is 1.43. The van der Waals surface area contributed by atoms with Crippen molar-refractivity contribution in [2.24, 2.45) is 0 Å². The Balaban J connectivity index is 1.99. The van der Waals surface area contributed by atoms with Gasteiger partial charge in [-0.1, -0.05) is 30.9 Å². The molecule has 0 saturated heterocycles. The first-order valence-corrected chi connectivity index (χ1v) is 6.80. The summed E-state index contributed by atoms with van der Waals surface area (Å²) in [6.45, 7) is 0.241. The molecule has 0 aromatic carbocycles. The van der Waals surface area contributed by atoms with Gasteiger partial charge >= 0.3 is 0 Å². The van der Waals surface area contributed by atoms with Crippen molar-refractivity contribution < 1.29 is 9.90 Å². The molecule has 1 aromatic rings. The molecule has 4 N–H and O–H groups in total. The van der Waals surface area contributed by atoms with Gasteiger partial charge in [-0.25, -0.2) is 4.98 Å². The fraction of sp³-hybridized carbons (Fsp3) is 0.538. The Morgan fingerprint density at radius 1 is 1.47 bits per heavy atom. The Labute approximate surface area is 117 Å². The second kappa shape index (κ2) is 5.75. The summed E-state index contributed by atoms with van der Waals surface area (Å²) >= 11 is 5.74. The molecule has 1 aliphatic carbocycles. The van der Waals surface area contributed by atoms with Gasteiger partial charge in [-0.05, 0) is 18.9 Å². The molecule has 0 unspecified atom stereocenters. The number of nitrogen functional groups attached to an aromatic ring is 1. The standard InChI is InChI=1S/C13H18ClN3O2/c14-11-6-9(10(15)7-16-11)12(18)17-8-13(19)4-2-1-3-5-13/h6-7,19H,1-5,8,15H2,(H,17,18). The zero-order valence-corrected chi connectivity index (χ0v) is 11.4. The van der Waals surface area contributed by atoms with Crippen molar-refractivity contribution >= 4 is 23.2 Å². The van der Waals surface area contributed by atoms with Gasteiger partial charge in [0.2, 0.25) is 0 Å². The Morgan fingerprint density at radius 2 is 2.16 bits per heavy atom. The van der Waals surface area contributed by atoms with Crippen LogP contribution in [0.1, 0.15) is 42.5 Å². The number of nitrogens with one attached hydrogen (secondary N) is 1. The van der Waals surface area contributed by atoms with Gasteiger partial charge < -0.3 is 16.2 Å². The molecule has 1 aliphatic rings. The molecule has 1 aromatic heterocycles. The van der Waals surface area contributed by atoms with Crippen molar-refractivity contribution in [3.05, 3.63) is 23.0 Å². The van der Waals surface area contributed by atoms with Crippen LogP contribution < -0.4 is 11.1 Å². The Hall–Kier alpha value is -1.33. The van der Waals surface area contributed by atoms with Gasteiger partial charge in [0.05, 0.1) is 23.0 Å². The molecule has 1 fully saturated rings. The monoisotopic (exact) mass is 283 g/mol. The maximum absolute atomic E-state index is 12.0. The van der Waals surface area contributed by atoms with Crippen molar-refractivity contribution in [1.82, 2.24) is 10.3 Å². The summed E-state index contributed by atoms with van der Waals surface area (Å²) in [5.41, 5.74) is 5.46.